The molecule has 0 aromatic heterocycles. The fourth-order valence-corrected chi connectivity index (χ4v) is 2.93. The van der Waals surface area contributed by atoms with Crippen LogP contribution in [0.25, 0.3) is 0 Å². The van der Waals surface area contributed by atoms with E-state index in [2.05, 4.69) is 16.5 Å². The molecule has 43 heavy (non-hydrogen) atoms. The minimum atomic E-state index is -1.15. The van der Waals surface area contributed by atoms with Crippen molar-refractivity contribution in [1.82, 2.24) is 16.1 Å². The number of aliphatic carboxylic acids is 2. The van der Waals surface area contributed by atoms with Crippen LogP contribution in [0.2, 0.25) is 0 Å². The molecular formula is C28H42N6O9. The number of aromatic hydroxyl groups is 1. The van der Waals surface area contributed by atoms with E-state index in [0.717, 1.165) is 5.56 Å². The zero-order chi connectivity index (χ0) is 33.2. The molecule has 12 N–H and O–H groups in total. The molecule has 0 aliphatic heterocycles. The molecule has 3 atom stereocenters. The number of alkyl carbamates (subject to hydrolysis) is 1. The molecule has 0 radical (unpaired) electrons. The Bertz CT molecular complexity index is 1160. The zero-order valence-electron chi connectivity index (χ0n) is 24.6. The fraction of sp³-hybridized carbons (Fsp3) is 0.393. The second-order valence-electron chi connectivity index (χ2n) is 10.1. The molecule has 0 bridgehead atoms. The van der Waals surface area contributed by atoms with Gasteiger partial charge in [0.25, 0.3) is 0 Å². The number of hydrogen-bond acceptors (Lipinski definition) is 10. The van der Waals surface area contributed by atoms with Crippen molar-refractivity contribution >= 4 is 29.8 Å². The van der Waals surface area contributed by atoms with Crippen LogP contribution in [0.4, 0.5) is 4.79 Å². The van der Waals surface area contributed by atoms with Crippen molar-refractivity contribution in [3.63, 3.8) is 0 Å². The van der Waals surface area contributed by atoms with E-state index >= 15 is 0 Å². The molecule has 0 aliphatic carbocycles. The summed E-state index contributed by atoms with van der Waals surface area (Å²) in [6, 6.07) is 12.5. The molecule has 3 amide bonds. The number of carbonyl (C=O) groups is 5. The molecule has 0 spiro atoms. The number of phenols is 1. The van der Waals surface area contributed by atoms with Crippen molar-refractivity contribution in [3.8, 4) is 5.75 Å². The Kier molecular flexibility index (Phi) is 17.3. The average molecular weight is 607 g/mol. The number of nitrogens with two attached hydrogens (primary N) is 3. The molecule has 0 aliphatic rings. The number of hydrazine groups is 1. The van der Waals surface area contributed by atoms with Gasteiger partial charge in [-0.05, 0) is 51.0 Å². The number of phenolic OH excluding ortho intramolecular Hbond substituents is 1. The molecule has 0 unspecified atom stereocenters. The largest absolute Gasteiger partial charge is 0.508 e. The number of carboxylic acid groups (broad SMARTS) is 2. The number of amides is 3. The number of nitrogens with one attached hydrogen (secondary N) is 3. The first-order valence-corrected chi connectivity index (χ1v) is 13.0. The highest BCUT2D eigenvalue weighted by Crippen LogP contribution is 2.12. The van der Waals surface area contributed by atoms with E-state index in [0.29, 0.717) is 5.56 Å². The first-order chi connectivity index (χ1) is 20.0. The molecule has 2 aromatic rings. The third-order valence-corrected chi connectivity index (χ3v) is 5.02. The summed E-state index contributed by atoms with van der Waals surface area (Å²) in [6.07, 6.45) is -0.424. The number of hydrogen-bond donors (Lipinski definition) is 9. The predicted molar refractivity (Wildman–Crippen MR) is 157 cm³/mol. The second kappa shape index (κ2) is 19.4. The lowest BCUT2D eigenvalue weighted by Crippen LogP contribution is -2.48. The first-order valence-electron chi connectivity index (χ1n) is 13.0. The van der Waals surface area contributed by atoms with Crippen LogP contribution in [-0.4, -0.2) is 75.4 Å². The Balaban J connectivity index is 0.000000697. The summed E-state index contributed by atoms with van der Waals surface area (Å²) in [5.74, 6) is 1.67. The van der Waals surface area contributed by atoms with Crippen molar-refractivity contribution in [3.05, 3.63) is 65.7 Å². The lowest BCUT2D eigenvalue weighted by molar-refractivity contribution is -0.142. The van der Waals surface area contributed by atoms with E-state index in [4.69, 9.17) is 31.5 Å². The number of carboxylic acids is 2. The van der Waals surface area contributed by atoms with Gasteiger partial charge < -0.3 is 42.2 Å². The third kappa shape index (κ3) is 18.3. The van der Waals surface area contributed by atoms with Crippen LogP contribution >= 0.6 is 0 Å². The van der Waals surface area contributed by atoms with Crippen molar-refractivity contribution in [1.29, 1.82) is 0 Å². The van der Waals surface area contributed by atoms with Gasteiger partial charge >= 0.3 is 18.0 Å². The van der Waals surface area contributed by atoms with E-state index in [1.165, 1.54) is 19.1 Å². The lowest BCUT2D eigenvalue weighted by Gasteiger charge is -2.22. The quantitative estimate of drug-likeness (QED) is 0.0982. The monoisotopic (exact) mass is 606 g/mol. The topological polar surface area (TPSA) is 269 Å². The summed E-state index contributed by atoms with van der Waals surface area (Å²) < 4.78 is 5.02. The molecule has 238 valence electrons. The van der Waals surface area contributed by atoms with Crippen LogP contribution in [0.1, 0.15) is 38.8 Å². The van der Waals surface area contributed by atoms with Crippen LogP contribution in [0.15, 0.2) is 54.6 Å². The van der Waals surface area contributed by atoms with Gasteiger partial charge in [0.05, 0.1) is 12.6 Å². The van der Waals surface area contributed by atoms with Gasteiger partial charge in [-0.3, -0.25) is 15.0 Å². The lowest BCUT2D eigenvalue weighted by atomic mass is 10.1. The molecule has 2 rings (SSSR count). The van der Waals surface area contributed by atoms with E-state index in [1.807, 2.05) is 35.8 Å². The van der Waals surface area contributed by atoms with E-state index in [-0.39, 0.29) is 31.0 Å². The number of rotatable bonds is 10. The highest BCUT2D eigenvalue weighted by Gasteiger charge is 2.24. The molecule has 15 heteroatoms. The molecule has 0 saturated carbocycles. The second-order valence-corrected chi connectivity index (χ2v) is 10.1. The highest BCUT2D eigenvalue weighted by molar-refractivity contribution is 5.86. The summed E-state index contributed by atoms with van der Waals surface area (Å²) in [4.78, 5) is 54.9. The first kappa shape index (κ1) is 38.3. The Morgan fingerprint density at radius 1 is 0.837 bits per heavy atom. The standard InChI is InChI=1S/C14H19NO5.C12H16N2O3.C2H7N3O/c1-14(2,3)20-13(19)15-11(12(17)18)8-9-4-6-10(16)7-5-9;1-8(13)11(15)14-10(12(16)17)7-9-5-3-2-4-6-9;3-1-2(6)5-4/h4-7,11,16H,8H2,1-3H3,(H,15,19)(H,17,18);2-6,8,10H,7,13H2,1H3,(H,14,15)(H,16,17);1,3-4H2,(H,5,6)/t11-;8-,10-;/m00./s1. The Morgan fingerprint density at radius 3 is 1.67 bits per heavy atom. The van der Waals surface area contributed by atoms with E-state index in [9.17, 15) is 24.0 Å². The number of ether oxygens (including phenoxy) is 1. The smallest absolute Gasteiger partial charge is 0.408 e. The minimum Gasteiger partial charge on any atom is -0.508 e. The summed E-state index contributed by atoms with van der Waals surface area (Å²) in [6.45, 7) is 6.56. The summed E-state index contributed by atoms with van der Waals surface area (Å²) in [5, 5.41) is 32.0. The van der Waals surface area contributed by atoms with Gasteiger partial charge in [-0.25, -0.2) is 20.2 Å². The molecule has 0 saturated heterocycles. The van der Waals surface area contributed by atoms with Crippen molar-refractivity contribution in [2.75, 3.05) is 6.54 Å². The highest BCUT2D eigenvalue weighted by atomic mass is 16.6. The molecule has 0 fully saturated rings. The van der Waals surface area contributed by atoms with E-state index in [1.54, 1.807) is 32.9 Å². The summed E-state index contributed by atoms with van der Waals surface area (Å²) in [7, 11) is 0. The molecular weight excluding hydrogens is 564 g/mol. The van der Waals surface area contributed by atoms with E-state index < -0.39 is 47.7 Å². The maximum absolute atomic E-state index is 11.6. The van der Waals surface area contributed by atoms with Gasteiger partial charge in [0.1, 0.15) is 23.4 Å². The summed E-state index contributed by atoms with van der Waals surface area (Å²) in [5.41, 5.74) is 12.9. The molecule has 2 aromatic carbocycles. The SMILES string of the molecule is CC(C)(C)OC(=O)N[C@@H](Cc1ccc(O)cc1)C(=O)O.C[C@H](N)C(=O)N[C@@H](Cc1ccccc1)C(=O)O.NCC(=O)NN. The van der Waals surface area contributed by atoms with Crippen molar-refractivity contribution in [2.24, 2.45) is 17.3 Å². The van der Waals surface area contributed by atoms with Crippen molar-refractivity contribution in [2.45, 2.75) is 64.3 Å². The van der Waals surface area contributed by atoms with Crippen LogP contribution in [0.5, 0.6) is 5.75 Å². The van der Waals surface area contributed by atoms with Crippen molar-refractivity contribution < 1.29 is 44.0 Å². The van der Waals surface area contributed by atoms with Gasteiger partial charge in [0.2, 0.25) is 11.8 Å². The van der Waals surface area contributed by atoms with Gasteiger partial charge in [0, 0.05) is 12.8 Å². The fourth-order valence-electron chi connectivity index (χ4n) is 2.93. The number of carbonyl (C=O) groups excluding carboxylic acids is 3. The Morgan fingerprint density at radius 2 is 1.30 bits per heavy atom. The molecule has 0 heterocycles. The minimum absolute atomic E-state index is 0.0451. The van der Waals surface area contributed by atoms with Crippen LogP contribution in [-0.2, 0) is 36.8 Å². The Hall–Kier alpha value is -4.73. The van der Waals surface area contributed by atoms with Gasteiger partial charge in [-0.1, -0.05) is 42.5 Å². The Labute approximate surface area is 249 Å². The van der Waals surface area contributed by atoms with Crippen LogP contribution < -0.4 is 33.4 Å². The summed E-state index contributed by atoms with van der Waals surface area (Å²) >= 11 is 0. The average Bonchev–Trinajstić information content (AvgIpc) is 2.93. The maximum atomic E-state index is 11.6. The maximum Gasteiger partial charge on any atom is 0.408 e. The molecule has 15 nitrogen and oxygen atoms in total. The third-order valence-electron chi connectivity index (χ3n) is 5.02. The van der Waals surface area contributed by atoms with Gasteiger partial charge in [-0.15, -0.1) is 0 Å². The zero-order valence-corrected chi connectivity index (χ0v) is 24.6. The van der Waals surface area contributed by atoms with Gasteiger partial charge in [-0.2, -0.15) is 0 Å². The van der Waals surface area contributed by atoms with Crippen LogP contribution in [0.3, 0.4) is 0 Å². The predicted octanol–water partition coefficient (Wildman–Crippen LogP) is -0.00670. The normalized spacial score (nSPS) is 12.3. The number of benzene rings is 2. The van der Waals surface area contributed by atoms with Gasteiger partial charge in [0.15, 0.2) is 0 Å². The van der Waals surface area contributed by atoms with Crippen LogP contribution in [0, 0.1) is 0 Å².